The molecule has 4 rings (SSSR count). The number of anilines is 1. The van der Waals surface area contributed by atoms with Gasteiger partial charge < -0.3 is 5.32 Å². The fourth-order valence-corrected chi connectivity index (χ4v) is 4.36. The first-order valence-electron chi connectivity index (χ1n) is 11.4. The number of carbonyl (C=O) groups excluding carboxylic acids is 1. The Hall–Kier alpha value is -3.93. The zero-order valence-electron chi connectivity index (χ0n) is 20.6. The third kappa shape index (κ3) is 5.27. The summed E-state index contributed by atoms with van der Waals surface area (Å²) in [6, 6.07) is 10.4. The van der Waals surface area contributed by atoms with Crippen molar-refractivity contribution in [2.75, 3.05) is 5.32 Å². The van der Waals surface area contributed by atoms with Gasteiger partial charge in [0.2, 0.25) is 0 Å². The first-order chi connectivity index (χ1) is 18.5. The molecule has 1 aromatic heterocycles. The van der Waals surface area contributed by atoms with Crippen molar-refractivity contribution < 1.29 is 39.9 Å². The number of hydrogen-bond acceptors (Lipinski definition) is 2. The molecule has 0 bridgehead atoms. The second kappa shape index (κ2) is 10.2. The molecule has 0 atom stereocenters. The molecule has 13 heteroatoms. The molecule has 0 unspecified atom stereocenters. The van der Waals surface area contributed by atoms with Crippen molar-refractivity contribution in [3.05, 3.63) is 100 Å². The molecule has 3 aromatic carbocycles. The van der Waals surface area contributed by atoms with E-state index in [4.69, 9.17) is 11.6 Å². The van der Waals surface area contributed by atoms with Crippen molar-refractivity contribution in [2.45, 2.75) is 31.9 Å². The number of aromatic nitrogens is 2. The quantitative estimate of drug-likeness (QED) is 0.238. The maximum atomic E-state index is 14.6. The Bertz CT molecular complexity index is 1540. The molecule has 0 spiro atoms. The number of nitrogens with one attached hydrogen (secondary N) is 1. The lowest BCUT2D eigenvalue weighted by Crippen LogP contribution is -2.50. The SMILES string of the molecule is Cc1cc(C(F)(C(F)(F)F)C(F)(F)F)cc(C)c1-n1cc(-c2ccc(Cl)c(NC(=O)c3ccc(F)cc3)c2)cn1. The van der Waals surface area contributed by atoms with Gasteiger partial charge in [-0.15, -0.1) is 0 Å². The van der Waals surface area contributed by atoms with Gasteiger partial charge >= 0.3 is 18.0 Å². The molecule has 0 aliphatic rings. The Kier molecular flexibility index (Phi) is 7.44. The molecule has 0 saturated carbocycles. The predicted molar refractivity (Wildman–Crippen MR) is 133 cm³/mol. The van der Waals surface area contributed by atoms with Crippen LogP contribution in [0.1, 0.15) is 27.0 Å². The van der Waals surface area contributed by atoms with Gasteiger partial charge in [0.1, 0.15) is 5.82 Å². The van der Waals surface area contributed by atoms with Crippen LogP contribution in [0.3, 0.4) is 0 Å². The lowest BCUT2D eigenvalue weighted by molar-refractivity contribution is -0.348. The topological polar surface area (TPSA) is 46.9 Å². The van der Waals surface area contributed by atoms with E-state index < -0.39 is 35.3 Å². The molecule has 0 aliphatic carbocycles. The molecule has 0 saturated heterocycles. The van der Waals surface area contributed by atoms with E-state index in [1.54, 1.807) is 6.07 Å². The van der Waals surface area contributed by atoms with Crippen LogP contribution in [0.25, 0.3) is 16.8 Å². The zero-order chi connectivity index (χ0) is 29.6. The molecule has 0 radical (unpaired) electrons. The second-order valence-corrected chi connectivity index (χ2v) is 9.35. The van der Waals surface area contributed by atoms with Crippen molar-refractivity contribution in [1.82, 2.24) is 9.78 Å². The van der Waals surface area contributed by atoms with Crippen molar-refractivity contribution in [1.29, 1.82) is 0 Å². The fourth-order valence-electron chi connectivity index (χ4n) is 4.19. The van der Waals surface area contributed by atoms with Gasteiger partial charge in [0.25, 0.3) is 5.91 Å². The number of hydrogen-bond donors (Lipinski definition) is 1. The zero-order valence-corrected chi connectivity index (χ0v) is 21.3. The third-order valence-corrected chi connectivity index (χ3v) is 6.47. The van der Waals surface area contributed by atoms with E-state index in [2.05, 4.69) is 10.4 Å². The van der Waals surface area contributed by atoms with E-state index >= 15 is 0 Å². The Morgan fingerprint density at radius 1 is 0.850 bits per heavy atom. The van der Waals surface area contributed by atoms with E-state index in [1.807, 2.05) is 0 Å². The summed E-state index contributed by atoms with van der Waals surface area (Å²) >= 11 is 6.21. The van der Waals surface area contributed by atoms with E-state index in [0.29, 0.717) is 23.3 Å². The fraction of sp³-hybridized carbons (Fsp3) is 0.185. The molecular weight excluding hydrogens is 570 g/mol. The van der Waals surface area contributed by atoms with Gasteiger partial charge in [-0.25, -0.2) is 13.5 Å². The predicted octanol–water partition coefficient (Wildman–Crippen LogP) is 8.49. The number of rotatable bonds is 5. The van der Waals surface area contributed by atoms with Crippen LogP contribution >= 0.6 is 11.6 Å². The Morgan fingerprint density at radius 3 is 1.98 bits per heavy atom. The van der Waals surface area contributed by atoms with Crippen LogP contribution in [0.15, 0.2) is 67.0 Å². The monoisotopic (exact) mass is 587 g/mol. The van der Waals surface area contributed by atoms with Crippen LogP contribution in [0.5, 0.6) is 0 Å². The summed E-state index contributed by atoms with van der Waals surface area (Å²) in [5.74, 6) is -1.07. The number of nitrogens with zero attached hydrogens (tertiary/aromatic N) is 2. The van der Waals surface area contributed by atoms with Crippen LogP contribution in [-0.4, -0.2) is 28.0 Å². The van der Waals surface area contributed by atoms with Crippen molar-refractivity contribution >= 4 is 23.2 Å². The third-order valence-electron chi connectivity index (χ3n) is 6.14. The highest BCUT2D eigenvalue weighted by Crippen LogP contribution is 2.53. The van der Waals surface area contributed by atoms with Crippen LogP contribution in [0.2, 0.25) is 5.02 Å². The number of carbonyl (C=O) groups is 1. The highest BCUT2D eigenvalue weighted by molar-refractivity contribution is 6.34. The smallest absolute Gasteiger partial charge is 0.321 e. The lowest BCUT2D eigenvalue weighted by Gasteiger charge is -2.31. The first kappa shape index (κ1) is 29.1. The Morgan fingerprint density at radius 2 is 1.43 bits per heavy atom. The minimum atomic E-state index is -6.23. The molecule has 1 N–H and O–H groups in total. The van der Waals surface area contributed by atoms with Gasteiger partial charge in [-0.3, -0.25) is 4.79 Å². The van der Waals surface area contributed by atoms with Crippen LogP contribution in [0, 0.1) is 19.7 Å². The van der Waals surface area contributed by atoms with Gasteiger partial charge in [0.15, 0.2) is 0 Å². The number of alkyl halides is 7. The van der Waals surface area contributed by atoms with E-state index in [-0.39, 0.29) is 33.1 Å². The van der Waals surface area contributed by atoms with E-state index in [9.17, 15) is 39.9 Å². The largest absolute Gasteiger partial charge is 0.435 e. The van der Waals surface area contributed by atoms with Crippen LogP contribution in [0.4, 0.5) is 40.8 Å². The highest BCUT2D eigenvalue weighted by Gasteiger charge is 2.73. The molecule has 4 nitrogen and oxygen atoms in total. The molecule has 0 fully saturated rings. The second-order valence-electron chi connectivity index (χ2n) is 8.94. The summed E-state index contributed by atoms with van der Waals surface area (Å²) in [4.78, 5) is 12.5. The summed E-state index contributed by atoms with van der Waals surface area (Å²) < 4.78 is 109. The molecule has 40 heavy (non-hydrogen) atoms. The summed E-state index contributed by atoms with van der Waals surface area (Å²) in [7, 11) is 0. The molecule has 4 aromatic rings. The first-order valence-corrected chi connectivity index (χ1v) is 11.8. The van der Waals surface area contributed by atoms with Crippen molar-refractivity contribution in [2.24, 2.45) is 0 Å². The Labute approximate surface area is 227 Å². The van der Waals surface area contributed by atoms with Crippen LogP contribution < -0.4 is 5.32 Å². The highest BCUT2D eigenvalue weighted by atomic mass is 35.5. The summed E-state index contributed by atoms with van der Waals surface area (Å²) in [5.41, 5.74) is -5.78. The number of halogens is 9. The number of benzene rings is 3. The van der Waals surface area contributed by atoms with E-state index in [0.717, 1.165) is 12.1 Å². The minimum Gasteiger partial charge on any atom is -0.321 e. The molecule has 0 aliphatic heterocycles. The number of aryl methyl sites for hydroxylation is 2. The minimum absolute atomic E-state index is 0.0801. The molecular formula is C27H18ClF8N3O. The van der Waals surface area contributed by atoms with Gasteiger partial charge in [0, 0.05) is 22.9 Å². The average molecular weight is 588 g/mol. The maximum Gasteiger partial charge on any atom is 0.435 e. The van der Waals surface area contributed by atoms with Crippen molar-refractivity contribution in [3.8, 4) is 16.8 Å². The maximum absolute atomic E-state index is 14.6. The van der Waals surface area contributed by atoms with Gasteiger partial charge in [0.05, 0.1) is 22.6 Å². The van der Waals surface area contributed by atoms with Gasteiger partial charge in [-0.1, -0.05) is 29.8 Å². The molecule has 210 valence electrons. The Balaban J connectivity index is 1.67. The van der Waals surface area contributed by atoms with Gasteiger partial charge in [-0.2, -0.15) is 31.4 Å². The average Bonchev–Trinajstić information content (AvgIpc) is 3.33. The molecule has 1 amide bonds. The molecule has 1 heterocycles. The normalized spacial score (nSPS) is 12.5. The summed E-state index contributed by atoms with van der Waals surface area (Å²) in [6.07, 6.45) is -9.63. The summed E-state index contributed by atoms with van der Waals surface area (Å²) in [6.45, 7) is 2.48. The van der Waals surface area contributed by atoms with Crippen molar-refractivity contribution in [3.63, 3.8) is 0 Å². The lowest BCUT2D eigenvalue weighted by atomic mass is 9.90. The van der Waals surface area contributed by atoms with E-state index in [1.165, 1.54) is 55.2 Å². The number of amides is 1. The summed E-state index contributed by atoms with van der Waals surface area (Å²) in [5, 5.41) is 6.98. The van der Waals surface area contributed by atoms with Crippen LogP contribution in [-0.2, 0) is 5.67 Å². The van der Waals surface area contributed by atoms with Gasteiger partial charge in [-0.05, 0) is 66.9 Å². The standard InChI is InChI=1S/C27H18ClF8N3O/c1-14-9-19(25(30,26(31,32)33)27(34,35)36)10-15(2)23(14)39-13-18(12-37-39)17-5-8-21(28)22(11-17)38-24(40)16-3-6-20(29)7-4-16/h3-13H,1-2H3,(H,38,40).